The Morgan fingerprint density at radius 2 is 0.398 bits per heavy atom. The Bertz CT molecular complexity index is 5910. The van der Waals surface area contributed by atoms with Gasteiger partial charge in [-0.3, -0.25) is 0 Å². The van der Waals surface area contributed by atoms with E-state index in [1.165, 1.54) is 0 Å². The van der Waals surface area contributed by atoms with Gasteiger partial charge in [-0.2, -0.15) is 0 Å². The van der Waals surface area contributed by atoms with Gasteiger partial charge in [0.25, 0.3) is 0 Å². The molecule has 4 N–H and O–H groups in total. The molecule has 10 heterocycles. The maximum atomic E-state index is 6.34. The Labute approximate surface area is 653 Å². The molecule has 4 aliphatic rings. The Morgan fingerprint density at radius 3 is 0.602 bits per heavy atom. The third-order valence-electron chi connectivity index (χ3n) is 20.5. The molecule has 15 nitrogen and oxygen atoms in total. The van der Waals surface area contributed by atoms with E-state index in [2.05, 4.69) is 275 Å². The van der Waals surface area contributed by atoms with Crippen molar-refractivity contribution in [1.29, 1.82) is 0 Å². The Balaban J connectivity index is 0.540. The van der Waals surface area contributed by atoms with Crippen molar-refractivity contribution >= 4 is 92.7 Å². The van der Waals surface area contributed by atoms with Gasteiger partial charge in [-0.25, -0.2) is 19.9 Å². The second-order valence-electron chi connectivity index (χ2n) is 27.5. The average molecular weight is 1480 g/mol. The monoisotopic (exact) mass is 1480 g/mol. The van der Waals surface area contributed by atoms with E-state index in [4.69, 9.17) is 53.1 Å². The first kappa shape index (κ1) is 70.7. The van der Waals surface area contributed by atoms with Gasteiger partial charge in [0.2, 0.25) is 0 Å². The van der Waals surface area contributed by atoms with Crippen LogP contribution in [-0.2, 0) is 14.2 Å². The van der Waals surface area contributed by atoms with Gasteiger partial charge in [-0.15, -0.1) is 0 Å². The maximum Gasteiger partial charge on any atom is 0.161 e. The van der Waals surface area contributed by atoms with Crippen LogP contribution in [0.4, 0.5) is 0 Å². The average Bonchev–Trinajstić information content (AvgIpc) is 1.63. The Kier molecular flexibility index (Phi) is 20.2. The molecule has 15 heteroatoms. The smallest absolute Gasteiger partial charge is 0.161 e. The van der Waals surface area contributed by atoms with Gasteiger partial charge < -0.3 is 53.1 Å². The lowest BCUT2D eigenvalue weighted by molar-refractivity contribution is 0.00479. The summed E-state index contributed by atoms with van der Waals surface area (Å²) in [6.07, 6.45) is 16.9. The van der Waals surface area contributed by atoms with Crippen molar-refractivity contribution in [2.75, 3.05) is 67.1 Å². The van der Waals surface area contributed by atoms with Crippen molar-refractivity contribution in [3.63, 3.8) is 0 Å². The van der Waals surface area contributed by atoms with Crippen molar-refractivity contribution in [3.8, 4) is 112 Å². The molecule has 18 rings (SSSR count). The van der Waals surface area contributed by atoms with Crippen LogP contribution in [0.1, 0.15) is 45.6 Å². The fourth-order valence-electron chi connectivity index (χ4n) is 15.3. The highest BCUT2D eigenvalue weighted by Gasteiger charge is 2.24. The molecule has 0 fully saturated rings. The zero-order valence-electron chi connectivity index (χ0n) is 62.3. The number of hydrogen-bond donors (Lipinski definition) is 4. The number of nitrogens with one attached hydrogen (secondary N) is 4. The van der Waals surface area contributed by atoms with Gasteiger partial charge in [0.15, 0.2) is 23.0 Å². The molecule has 0 radical (unpaired) electrons. The Morgan fingerprint density at radius 1 is 0.204 bits per heavy atom. The molecule has 0 amide bonds. The quantitative estimate of drug-likeness (QED) is 0.0423. The molecular formula is C98H78N8O7. The van der Waals surface area contributed by atoms with E-state index in [1.54, 1.807) is 14.2 Å². The third-order valence-corrected chi connectivity index (χ3v) is 20.5. The van der Waals surface area contributed by atoms with Crippen LogP contribution < -0.4 is 18.9 Å². The van der Waals surface area contributed by atoms with E-state index < -0.39 is 0 Å². The fraction of sp³-hybridized carbons (Fsp3) is 0.102. The predicted octanol–water partition coefficient (Wildman–Crippen LogP) is 22.5. The van der Waals surface area contributed by atoms with Crippen molar-refractivity contribution < 1.29 is 33.2 Å². The van der Waals surface area contributed by atoms with Crippen LogP contribution in [0.15, 0.2) is 267 Å². The van der Waals surface area contributed by atoms with Crippen LogP contribution in [-0.4, -0.2) is 107 Å². The number of rotatable bonds is 24. The van der Waals surface area contributed by atoms with Gasteiger partial charge in [0, 0.05) is 88.6 Å². The van der Waals surface area contributed by atoms with Gasteiger partial charge in [0.1, 0.15) is 13.2 Å². The zero-order chi connectivity index (χ0) is 75.8. The molecule has 113 heavy (non-hydrogen) atoms. The van der Waals surface area contributed by atoms with E-state index in [1.807, 2.05) is 60.7 Å². The highest BCUT2D eigenvalue weighted by atomic mass is 16.6. The molecule has 0 unspecified atom stereocenters. The van der Waals surface area contributed by atoms with Crippen molar-refractivity contribution in [2.24, 2.45) is 0 Å². The van der Waals surface area contributed by atoms with Gasteiger partial charge >= 0.3 is 0 Å². The molecule has 4 aliphatic heterocycles. The summed E-state index contributed by atoms with van der Waals surface area (Å²) < 4.78 is 42.7. The highest BCUT2D eigenvalue weighted by Crippen LogP contribution is 2.44. The second-order valence-corrected chi connectivity index (χ2v) is 27.5. The standard InChI is InChI=1S/C98H78N8O7/c1-107-89-61-69(97-83-47-43-79(103-83)93(65-25-13-5-14-26-65)75-39-35-71(99-75)91(63-21-9-3-10-22-63)72-36-40-76(100-72)94(66-27-15-6-16-28-66)80-44-48-84(97)104-80)33-51-87(89)112-59-57-110-55-53-109-54-56-111-58-60-113-88-52-34-70(62-90(88)108-2)98-85-49-45-81(105-85)95(67-29-17-7-18-30-67)77-41-37-73(101-77)92(64-23-11-4-12-24-64)74-38-42-78(102-74)96(68-31-19-8-20-32-68)82-46-50-86(98)106-82/h3-52,61-62,99,101,104,106H,53-60H2,1-2H3. The summed E-state index contributed by atoms with van der Waals surface area (Å²) >= 11 is 0. The number of aromatic nitrogens is 8. The number of methoxy groups -OCH3 is 2. The first-order valence-corrected chi connectivity index (χ1v) is 38.0. The van der Waals surface area contributed by atoms with Gasteiger partial charge in [0.05, 0.1) is 99.4 Å². The minimum Gasteiger partial charge on any atom is -0.493 e. The normalized spacial score (nSPS) is 12.1. The number of hydrogen-bond acceptors (Lipinski definition) is 11. The van der Waals surface area contributed by atoms with Crippen molar-refractivity contribution in [2.45, 2.75) is 0 Å². The lowest BCUT2D eigenvalue weighted by Crippen LogP contribution is -2.14. The lowest BCUT2D eigenvalue weighted by atomic mass is 10.0. The SMILES string of the molecule is COc1cc(-c2c3nc(c(-c4ccccc4)c4ccc([nH]4)c(-c4ccccc4)c4nc(c(-c5ccccc5)c5ccc2[nH]5)C=C4)C=C3)ccc1OCCOCCOCCOCCOc1ccc(-c2c3nc(c(-c4ccccc4)c4ccc([nH]4)c(-c4ccccc4)c4nc(c(-c5ccccc5)c5ccc2[nH]5)C=C4)C=C3)cc1OC. The van der Waals surface area contributed by atoms with E-state index in [0.717, 1.165) is 179 Å². The molecule has 0 spiro atoms. The summed E-state index contributed by atoms with van der Waals surface area (Å²) in [5, 5.41) is 0. The van der Waals surface area contributed by atoms with Crippen LogP contribution in [0.2, 0.25) is 0 Å². The minimum absolute atomic E-state index is 0.290. The number of benzene rings is 8. The molecule has 552 valence electrons. The number of ether oxygens (including phenoxy) is 7. The van der Waals surface area contributed by atoms with E-state index in [-0.39, 0.29) is 0 Å². The van der Waals surface area contributed by atoms with Gasteiger partial charge in [-0.1, -0.05) is 194 Å². The minimum atomic E-state index is 0.290. The van der Waals surface area contributed by atoms with Crippen molar-refractivity contribution in [1.82, 2.24) is 39.9 Å². The topological polar surface area (TPSA) is 179 Å². The van der Waals surface area contributed by atoms with Crippen LogP contribution in [0, 0.1) is 0 Å². The molecule has 16 bridgehead atoms. The third kappa shape index (κ3) is 14.7. The fourth-order valence-corrected chi connectivity index (χ4v) is 15.3. The zero-order valence-corrected chi connectivity index (χ0v) is 62.3. The number of H-pyrrole nitrogens is 4. The summed E-state index contributed by atoms with van der Waals surface area (Å²) in [5.41, 5.74) is 29.6. The summed E-state index contributed by atoms with van der Waals surface area (Å²) in [5.74, 6) is 2.31. The van der Waals surface area contributed by atoms with Crippen LogP contribution in [0.25, 0.3) is 182 Å². The molecule has 8 aromatic carbocycles. The highest BCUT2D eigenvalue weighted by molar-refractivity contribution is 6.03. The molecule has 0 atom stereocenters. The summed E-state index contributed by atoms with van der Waals surface area (Å²) in [6, 6.07) is 91.7. The van der Waals surface area contributed by atoms with Crippen LogP contribution in [0.5, 0.6) is 23.0 Å². The molecule has 6 aromatic heterocycles. The van der Waals surface area contributed by atoms with Gasteiger partial charge in [-0.05, 0) is 166 Å². The first-order valence-electron chi connectivity index (χ1n) is 38.0. The Hall–Kier alpha value is -14.0. The molecular weight excluding hydrogens is 1400 g/mol. The molecule has 0 aliphatic carbocycles. The van der Waals surface area contributed by atoms with E-state index >= 15 is 0 Å². The summed E-state index contributed by atoms with van der Waals surface area (Å²) in [4.78, 5) is 37.2. The molecule has 0 saturated heterocycles. The van der Waals surface area contributed by atoms with Crippen LogP contribution >= 0.6 is 0 Å². The molecule has 14 aromatic rings. The number of nitrogens with zero attached hydrogens (tertiary/aromatic N) is 4. The predicted molar refractivity (Wildman–Crippen MR) is 458 cm³/mol. The van der Waals surface area contributed by atoms with E-state index in [9.17, 15) is 0 Å². The maximum absolute atomic E-state index is 6.34. The lowest BCUT2D eigenvalue weighted by Gasteiger charge is -2.14. The second kappa shape index (κ2) is 32.3. The first-order chi connectivity index (χ1) is 55.9. The summed E-state index contributed by atoms with van der Waals surface area (Å²) in [7, 11) is 3.31. The van der Waals surface area contributed by atoms with E-state index in [0.29, 0.717) is 75.9 Å². The number of aromatic amines is 4. The largest absolute Gasteiger partial charge is 0.493 e. The van der Waals surface area contributed by atoms with Crippen LogP contribution in [0.3, 0.4) is 0 Å². The van der Waals surface area contributed by atoms with Crippen molar-refractivity contribution in [3.05, 3.63) is 312 Å². The number of fused-ring (bicyclic) bond motifs is 16. The molecule has 0 saturated carbocycles. The summed E-state index contributed by atoms with van der Waals surface area (Å²) in [6.45, 7) is 2.77.